The first-order chi connectivity index (χ1) is 7.20. The van der Waals surface area contributed by atoms with E-state index in [1.807, 2.05) is 24.3 Å². The van der Waals surface area contributed by atoms with E-state index in [9.17, 15) is 4.79 Å². The van der Waals surface area contributed by atoms with Crippen molar-refractivity contribution in [2.75, 3.05) is 13.7 Å². The number of nitrogens with two attached hydrogens (primary N) is 1. The summed E-state index contributed by atoms with van der Waals surface area (Å²) >= 11 is 0. The zero-order valence-corrected chi connectivity index (χ0v) is 9.84. The van der Waals surface area contributed by atoms with Gasteiger partial charge in [0.15, 0.2) is 0 Å². The van der Waals surface area contributed by atoms with Gasteiger partial charge in [0.2, 0.25) is 5.72 Å². The lowest BCUT2D eigenvalue weighted by Crippen LogP contribution is -2.57. The standard InChI is InChI=1S/C11H14N2O2.ClH/c1-15-11(10(12)14)9-5-3-2-4-8(9)6-7-13-11;/h2-5,13H,6-7H2,1H3,(H2,12,14);1H. The summed E-state index contributed by atoms with van der Waals surface area (Å²) in [4.78, 5) is 11.5. The van der Waals surface area contributed by atoms with Gasteiger partial charge in [-0.05, 0) is 12.0 Å². The third-order valence-electron chi connectivity index (χ3n) is 2.82. The molecule has 2 rings (SSSR count). The molecule has 0 spiro atoms. The molecule has 1 aliphatic rings. The molecule has 0 aromatic heterocycles. The SMILES string of the molecule is COC1(C(N)=O)NCCc2ccccc21.Cl. The van der Waals surface area contributed by atoms with E-state index in [0.29, 0.717) is 6.54 Å². The Morgan fingerprint density at radius 2 is 2.19 bits per heavy atom. The maximum Gasteiger partial charge on any atom is 0.269 e. The van der Waals surface area contributed by atoms with Crippen molar-refractivity contribution in [1.29, 1.82) is 0 Å². The first-order valence-electron chi connectivity index (χ1n) is 4.89. The van der Waals surface area contributed by atoms with Gasteiger partial charge in [-0.2, -0.15) is 0 Å². The van der Waals surface area contributed by atoms with Crippen LogP contribution < -0.4 is 11.1 Å². The van der Waals surface area contributed by atoms with Crippen molar-refractivity contribution >= 4 is 18.3 Å². The van der Waals surface area contributed by atoms with E-state index in [-0.39, 0.29) is 12.4 Å². The second kappa shape index (κ2) is 4.82. The number of rotatable bonds is 2. The highest BCUT2D eigenvalue weighted by Gasteiger charge is 2.41. The number of fused-ring (bicyclic) bond motifs is 1. The van der Waals surface area contributed by atoms with Gasteiger partial charge >= 0.3 is 0 Å². The van der Waals surface area contributed by atoms with Gasteiger partial charge in [-0.3, -0.25) is 10.1 Å². The Hall–Kier alpha value is -1.10. The second-order valence-corrected chi connectivity index (χ2v) is 3.58. The zero-order valence-electron chi connectivity index (χ0n) is 9.03. The molecule has 0 bridgehead atoms. The van der Waals surface area contributed by atoms with Crippen LogP contribution in [0.5, 0.6) is 0 Å². The molecule has 88 valence electrons. The Morgan fingerprint density at radius 3 is 2.81 bits per heavy atom. The quantitative estimate of drug-likeness (QED) is 0.796. The summed E-state index contributed by atoms with van der Waals surface area (Å²) in [6.07, 6.45) is 0.883. The molecular formula is C11H15ClN2O2. The van der Waals surface area contributed by atoms with Crippen molar-refractivity contribution in [2.24, 2.45) is 5.73 Å². The van der Waals surface area contributed by atoms with Gasteiger partial charge in [0, 0.05) is 19.2 Å². The lowest BCUT2D eigenvalue weighted by atomic mass is 9.91. The van der Waals surface area contributed by atoms with Crippen LogP contribution in [-0.4, -0.2) is 19.6 Å². The second-order valence-electron chi connectivity index (χ2n) is 3.58. The van der Waals surface area contributed by atoms with Crippen molar-refractivity contribution in [3.05, 3.63) is 35.4 Å². The molecule has 0 saturated heterocycles. The van der Waals surface area contributed by atoms with Crippen LogP contribution in [0.15, 0.2) is 24.3 Å². The largest absolute Gasteiger partial charge is 0.366 e. The monoisotopic (exact) mass is 242 g/mol. The van der Waals surface area contributed by atoms with Crippen molar-refractivity contribution in [2.45, 2.75) is 12.1 Å². The van der Waals surface area contributed by atoms with E-state index in [1.165, 1.54) is 7.11 Å². The van der Waals surface area contributed by atoms with E-state index >= 15 is 0 Å². The predicted octanol–water partition coefficient (Wildman–Crippen LogP) is 0.539. The molecule has 0 saturated carbocycles. The highest BCUT2D eigenvalue weighted by Crippen LogP contribution is 2.28. The minimum atomic E-state index is -1.16. The fourth-order valence-electron chi connectivity index (χ4n) is 2.05. The summed E-state index contributed by atoms with van der Waals surface area (Å²) in [5, 5.41) is 3.04. The Labute approximate surface area is 101 Å². The maximum absolute atomic E-state index is 11.5. The molecule has 3 N–H and O–H groups in total. The van der Waals surface area contributed by atoms with Gasteiger partial charge in [0.1, 0.15) is 0 Å². The molecule has 1 atom stereocenters. The van der Waals surface area contributed by atoms with Crippen molar-refractivity contribution in [3.63, 3.8) is 0 Å². The molecule has 5 heteroatoms. The van der Waals surface area contributed by atoms with Crippen molar-refractivity contribution < 1.29 is 9.53 Å². The molecule has 4 nitrogen and oxygen atoms in total. The van der Waals surface area contributed by atoms with Crippen LogP contribution in [0.4, 0.5) is 0 Å². The normalized spacial score (nSPS) is 23.1. The molecule has 1 amide bonds. The molecule has 1 heterocycles. The highest BCUT2D eigenvalue weighted by atomic mass is 35.5. The molecule has 1 aliphatic heterocycles. The minimum absolute atomic E-state index is 0. The number of amides is 1. The van der Waals surface area contributed by atoms with E-state index in [4.69, 9.17) is 10.5 Å². The minimum Gasteiger partial charge on any atom is -0.366 e. The fourth-order valence-corrected chi connectivity index (χ4v) is 2.05. The van der Waals surface area contributed by atoms with Crippen LogP contribution in [0.2, 0.25) is 0 Å². The first-order valence-corrected chi connectivity index (χ1v) is 4.89. The third-order valence-corrected chi connectivity index (χ3v) is 2.82. The van der Waals surface area contributed by atoms with Crippen LogP contribution in [0, 0.1) is 0 Å². The van der Waals surface area contributed by atoms with Gasteiger partial charge in [-0.25, -0.2) is 0 Å². The van der Waals surface area contributed by atoms with Gasteiger partial charge in [0.25, 0.3) is 5.91 Å². The topological polar surface area (TPSA) is 64.3 Å². The van der Waals surface area contributed by atoms with Gasteiger partial charge < -0.3 is 10.5 Å². The number of carbonyl (C=O) groups is 1. The third kappa shape index (κ3) is 1.80. The van der Waals surface area contributed by atoms with Gasteiger partial charge in [0.05, 0.1) is 0 Å². The highest BCUT2D eigenvalue weighted by molar-refractivity contribution is 5.85. The van der Waals surface area contributed by atoms with Crippen LogP contribution in [0.3, 0.4) is 0 Å². The molecule has 16 heavy (non-hydrogen) atoms. The van der Waals surface area contributed by atoms with E-state index in [2.05, 4.69) is 5.32 Å². The molecule has 1 aromatic rings. The Morgan fingerprint density at radius 1 is 1.50 bits per heavy atom. The number of hydrogen-bond donors (Lipinski definition) is 2. The first kappa shape index (κ1) is 13.0. The Balaban J connectivity index is 0.00000128. The fraction of sp³-hybridized carbons (Fsp3) is 0.364. The Kier molecular flexibility index (Phi) is 3.91. The van der Waals surface area contributed by atoms with Gasteiger partial charge in [-0.1, -0.05) is 24.3 Å². The van der Waals surface area contributed by atoms with Crippen LogP contribution in [0.25, 0.3) is 0 Å². The number of nitrogens with one attached hydrogen (secondary N) is 1. The smallest absolute Gasteiger partial charge is 0.269 e. The average Bonchev–Trinajstić information content (AvgIpc) is 2.28. The maximum atomic E-state index is 11.5. The lowest BCUT2D eigenvalue weighted by Gasteiger charge is -2.35. The molecule has 0 aliphatic carbocycles. The zero-order chi connectivity index (χ0) is 10.9. The van der Waals surface area contributed by atoms with Crippen molar-refractivity contribution in [3.8, 4) is 0 Å². The number of primary amides is 1. The Bertz CT molecular complexity index is 397. The van der Waals surface area contributed by atoms with E-state index in [0.717, 1.165) is 17.5 Å². The number of ether oxygens (including phenoxy) is 1. The summed E-state index contributed by atoms with van der Waals surface area (Å²) in [6.45, 7) is 0.688. The van der Waals surface area contributed by atoms with Crippen molar-refractivity contribution in [1.82, 2.24) is 5.32 Å². The number of benzene rings is 1. The summed E-state index contributed by atoms with van der Waals surface area (Å²) < 4.78 is 5.28. The average molecular weight is 243 g/mol. The number of halogens is 1. The lowest BCUT2D eigenvalue weighted by molar-refractivity contribution is -0.147. The summed E-state index contributed by atoms with van der Waals surface area (Å²) in [5.41, 5.74) is 6.18. The summed E-state index contributed by atoms with van der Waals surface area (Å²) in [5.74, 6) is -0.503. The van der Waals surface area contributed by atoms with Crippen LogP contribution in [-0.2, 0) is 21.7 Å². The molecule has 1 aromatic carbocycles. The van der Waals surface area contributed by atoms with E-state index < -0.39 is 11.6 Å². The molecular weight excluding hydrogens is 228 g/mol. The molecule has 0 fully saturated rings. The number of hydrogen-bond acceptors (Lipinski definition) is 3. The number of carbonyl (C=O) groups excluding carboxylic acids is 1. The number of methoxy groups -OCH3 is 1. The summed E-state index contributed by atoms with van der Waals surface area (Å²) in [7, 11) is 1.49. The predicted molar refractivity (Wildman–Crippen MR) is 63.3 cm³/mol. The van der Waals surface area contributed by atoms with Gasteiger partial charge in [-0.15, -0.1) is 12.4 Å². The van der Waals surface area contributed by atoms with Crippen LogP contribution >= 0.6 is 12.4 Å². The van der Waals surface area contributed by atoms with E-state index in [1.54, 1.807) is 0 Å². The van der Waals surface area contributed by atoms with Crippen LogP contribution in [0.1, 0.15) is 11.1 Å². The molecule has 1 unspecified atom stereocenters. The summed E-state index contributed by atoms with van der Waals surface area (Å²) in [6, 6.07) is 7.69. The molecule has 0 radical (unpaired) electrons.